The average molecular weight is 363 g/mol. The smallest absolute Gasteiger partial charge is 0.0733 e. The Balaban J connectivity index is 1.39. The van der Waals surface area contributed by atoms with Gasteiger partial charge in [-0.15, -0.1) is 0 Å². The summed E-state index contributed by atoms with van der Waals surface area (Å²) in [5.41, 5.74) is 0.619. The maximum Gasteiger partial charge on any atom is 0.0733 e. The first-order valence-electron chi connectivity index (χ1n) is 11.3. The predicted molar refractivity (Wildman–Crippen MR) is 108 cm³/mol. The first-order valence-corrected chi connectivity index (χ1v) is 11.3. The van der Waals surface area contributed by atoms with E-state index in [1.54, 1.807) is 0 Å². The van der Waals surface area contributed by atoms with E-state index in [0.29, 0.717) is 17.7 Å². The van der Waals surface area contributed by atoms with Crippen LogP contribution < -0.4 is 0 Å². The molecule has 3 heteroatoms. The van der Waals surface area contributed by atoms with Crippen molar-refractivity contribution in [1.29, 1.82) is 0 Å². The number of hydrogen-bond donors (Lipinski definition) is 0. The van der Waals surface area contributed by atoms with E-state index in [-0.39, 0.29) is 5.54 Å². The second-order valence-corrected chi connectivity index (χ2v) is 11.7. The fourth-order valence-corrected chi connectivity index (χ4v) is 6.65. The second kappa shape index (κ2) is 6.74. The molecule has 26 heavy (non-hydrogen) atoms. The zero-order valence-corrected chi connectivity index (χ0v) is 18.1. The molecule has 0 radical (unpaired) electrons. The molecule has 4 aliphatic rings. The SMILES string of the molecule is CC(C)(C)N1C[C@@H]2CCC(C3C[C@@H]4OCCN(C(C)(C)C)[C@H]4C3)C[C@H]2C1. The quantitative estimate of drug-likeness (QED) is 0.687. The topological polar surface area (TPSA) is 15.7 Å². The monoisotopic (exact) mass is 362 g/mol. The Labute approximate surface area is 161 Å². The highest BCUT2D eigenvalue weighted by molar-refractivity contribution is 5.01. The minimum Gasteiger partial charge on any atom is -0.375 e. The molecule has 2 heterocycles. The number of nitrogens with zero attached hydrogens (tertiary/aromatic N) is 2. The van der Waals surface area contributed by atoms with Gasteiger partial charge in [0.1, 0.15) is 0 Å². The molecule has 2 saturated carbocycles. The molecule has 2 saturated heterocycles. The number of rotatable bonds is 1. The molecule has 0 aromatic heterocycles. The summed E-state index contributed by atoms with van der Waals surface area (Å²) in [7, 11) is 0. The van der Waals surface area contributed by atoms with Gasteiger partial charge in [-0.05, 0) is 97.3 Å². The van der Waals surface area contributed by atoms with E-state index in [1.165, 1.54) is 45.2 Å². The minimum absolute atomic E-state index is 0.276. The largest absolute Gasteiger partial charge is 0.375 e. The maximum absolute atomic E-state index is 6.25. The van der Waals surface area contributed by atoms with Crippen molar-refractivity contribution in [1.82, 2.24) is 9.80 Å². The Hall–Kier alpha value is -0.120. The van der Waals surface area contributed by atoms with Crippen LogP contribution in [0.15, 0.2) is 0 Å². The van der Waals surface area contributed by atoms with Gasteiger partial charge in [0, 0.05) is 36.8 Å². The summed E-state index contributed by atoms with van der Waals surface area (Å²) < 4.78 is 6.25. The highest BCUT2D eigenvalue weighted by atomic mass is 16.5. The van der Waals surface area contributed by atoms with E-state index in [4.69, 9.17) is 4.74 Å². The number of ether oxygens (including phenoxy) is 1. The number of hydrogen-bond acceptors (Lipinski definition) is 3. The Morgan fingerprint density at radius 3 is 2.12 bits per heavy atom. The van der Waals surface area contributed by atoms with E-state index in [0.717, 1.165) is 36.8 Å². The van der Waals surface area contributed by atoms with Gasteiger partial charge in [0.15, 0.2) is 0 Å². The first kappa shape index (κ1) is 19.2. The van der Waals surface area contributed by atoms with Crippen molar-refractivity contribution in [3.05, 3.63) is 0 Å². The number of morpholine rings is 1. The van der Waals surface area contributed by atoms with Crippen molar-refractivity contribution in [3.63, 3.8) is 0 Å². The van der Waals surface area contributed by atoms with Crippen molar-refractivity contribution < 1.29 is 4.74 Å². The van der Waals surface area contributed by atoms with Gasteiger partial charge >= 0.3 is 0 Å². The van der Waals surface area contributed by atoms with Crippen LogP contribution in [0.4, 0.5) is 0 Å². The average Bonchev–Trinajstić information content (AvgIpc) is 3.16. The summed E-state index contributed by atoms with van der Waals surface area (Å²) in [5, 5.41) is 0. The Bertz CT molecular complexity index is 505. The van der Waals surface area contributed by atoms with Crippen LogP contribution in [0.3, 0.4) is 0 Å². The lowest BCUT2D eigenvalue weighted by atomic mass is 9.70. The molecule has 3 nitrogen and oxygen atoms in total. The van der Waals surface area contributed by atoms with E-state index >= 15 is 0 Å². The molecule has 2 aliphatic carbocycles. The molecule has 0 spiro atoms. The molecule has 6 atom stereocenters. The lowest BCUT2D eigenvalue weighted by Crippen LogP contribution is -2.56. The molecule has 2 unspecified atom stereocenters. The van der Waals surface area contributed by atoms with Gasteiger partial charge in [0.05, 0.1) is 12.7 Å². The highest BCUT2D eigenvalue weighted by Gasteiger charge is 2.48. The summed E-state index contributed by atoms with van der Waals surface area (Å²) >= 11 is 0. The van der Waals surface area contributed by atoms with Gasteiger partial charge in [-0.1, -0.05) is 0 Å². The van der Waals surface area contributed by atoms with Crippen LogP contribution in [0.1, 0.15) is 73.6 Å². The van der Waals surface area contributed by atoms with E-state index in [1.807, 2.05) is 0 Å². The van der Waals surface area contributed by atoms with E-state index < -0.39 is 0 Å². The zero-order chi connectivity index (χ0) is 18.7. The Morgan fingerprint density at radius 1 is 0.731 bits per heavy atom. The Morgan fingerprint density at radius 2 is 1.42 bits per heavy atom. The fraction of sp³-hybridized carbons (Fsp3) is 1.00. The molecule has 2 aliphatic heterocycles. The Kier molecular flexibility index (Phi) is 4.98. The number of likely N-dealkylation sites (tertiary alicyclic amines) is 1. The van der Waals surface area contributed by atoms with Crippen LogP contribution in [-0.4, -0.2) is 59.3 Å². The van der Waals surface area contributed by atoms with Crippen molar-refractivity contribution in [2.75, 3.05) is 26.2 Å². The predicted octanol–water partition coefficient (Wildman–Crippen LogP) is 4.41. The van der Waals surface area contributed by atoms with Gasteiger partial charge in [0.2, 0.25) is 0 Å². The summed E-state index contributed by atoms with van der Waals surface area (Å²) in [6.07, 6.45) is 7.63. The van der Waals surface area contributed by atoms with Crippen LogP contribution in [0.5, 0.6) is 0 Å². The van der Waals surface area contributed by atoms with E-state index in [2.05, 4.69) is 51.3 Å². The molecular weight excluding hydrogens is 320 g/mol. The molecule has 4 fully saturated rings. The lowest BCUT2D eigenvalue weighted by molar-refractivity contribution is -0.0871. The lowest BCUT2D eigenvalue weighted by Gasteiger charge is -2.45. The third kappa shape index (κ3) is 3.61. The van der Waals surface area contributed by atoms with Crippen molar-refractivity contribution in [2.24, 2.45) is 23.7 Å². The molecule has 0 aromatic rings. The second-order valence-electron chi connectivity index (χ2n) is 11.7. The van der Waals surface area contributed by atoms with Crippen molar-refractivity contribution >= 4 is 0 Å². The van der Waals surface area contributed by atoms with E-state index in [9.17, 15) is 0 Å². The van der Waals surface area contributed by atoms with Crippen LogP contribution in [-0.2, 0) is 4.74 Å². The summed E-state index contributed by atoms with van der Waals surface area (Å²) in [4.78, 5) is 5.51. The molecular formula is C23H42N2O. The van der Waals surface area contributed by atoms with Gasteiger partial charge in [-0.3, -0.25) is 9.80 Å². The summed E-state index contributed by atoms with van der Waals surface area (Å²) in [6, 6.07) is 0.668. The molecule has 0 bridgehead atoms. The zero-order valence-electron chi connectivity index (χ0n) is 18.1. The molecule has 0 N–H and O–H groups in total. The van der Waals surface area contributed by atoms with Gasteiger partial charge in [-0.25, -0.2) is 0 Å². The standard InChI is InChI=1S/C23H42N2O/c1-22(2,3)24-14-17-8-7-16(11-19(17)15-24)18-12-20-21(13-18)26-10-9-25(20)23(4,5)6/h16-21H,7-15H2,1-6H3/t16?,17-,18?,19-,20-,21-/m0/s1. The summed E-state index contributed by atoms with van der Waals surface area (Å²) in [5.74, 6) is 3.77. The van der Waals surface area contributed by atoms with Gasteiger partial charge < -0.3 is 4.74 Å². The molecule has 150 valence electrons. The summed E-state index contributed by atoms with van der Waals surface area (Å²) in [6.45, 7) is 19.1. The third-order valence-electron chi connectivity index (χ3n) is 8.14. The van der Waals surface area contributed by atoms with Crippen molar-refractivity contribution in [2.45, 2.75) is 96.9 Å². The molecule has 0 amide bonds. The normalized spacial score (nSPS) is 42.7. The van der Waals surface area contributed by atoms with Crippen LogP contribution in [0, 0.1) is 23.7 Å². The molecule has 0 aromatic carbocycles. The van der Waals surface area contributed by atoms with Crippen LogP contribution >= 0.6 is 0 Å². The first-order chi connectivity index (χ1) is 12.1. The van der Waals surface area contributed by atoms with Crippen LogP contribution in [0.25, 0.3) is 0 Å². The van der Waals surface area contributed by atoms with Crippen molar-refractivity contribution in [3.8, 4) is 0 Å². The molecule has 4 rings (SSSR count). The minimum atomic E-state index is 0.276. The van der Waals surface area contributed by atoms with Crippen LogP contribution in [0.2, 0.25) is 0 Å². The fourth-order valence-electron chi connectivity index (χ4n) is 6.65. The number of fused-ring (bicyclic) bond motifs is 2. The van der Waals surface area contributed by atoms with Gasteiger partial charge in [0.25, 0.3) is 0 Å². The third-order valence-corrected chi connectivity index (χ3v) is 8.14. The van der Waals surface area contributed by atoms with Gasteiger partial charge in [-0.2, -0.15) is 0 Å². The maximum atomic E-state index is 6.25. The highest BCUT2D eigenvalue weighted by Crippen LogP contribution is 2.48.